The predicted molar refractivity (Wildman–Crippen MR) is 92.2 cm³/mol. The van der Waals surface area contributed by atoms with Crippen molar-refractivity contribution >= 4 is 6.03 Å². The molecule has 0 N–H and O–H groups in total. The molecule has 2 aromatic rings. The fourth-order valence-electron chi connectivity index (χ4n) is 3.68. The van der Waals surface area contributed by atoms with Crippen molar-refractivity contribution in [2.45, 2.75) is 19.1 Å². The molecule has 2 aliphatic heterocycles. The number of hydrogen-bond donors (Lipinski definition) is 0. The van der Waals surface area contributed by atoms with E-state index in [4.69, 9.17) is 0 Å². The van der Waals surface area contributed by atoms with E-state index < -0.39 is 0 Å². The van der Waals surface area contributed by atoms with Crippen molar-refractivity contribution in [2.75, 3.05) is 26.2 Å². The highest BCUT2D eigenvalue weighted by atomic mass is 19.1. The number of carbonyl (C=O) groups is 1. The smallest absolute Gasteiger partial charge is 0.318 e. The summed E-state index contributed by atoms with van der Waals surface area (Å²) in [5, 5.41) is 0. The average molecular weight is 340 g/mol. The highest BCUT2D eigenvalue weighted by Crippen LogP contribution is 2.23. The van der Waals surface area contributed by atoms with E-state index in [2.05, 4.69) is 16.0 Å². The molecule has 25 heavy (non-hydrogen) atoms. The van der Waals surface area contributed by atoms with Crippen LogP contribution in [0.3, 0.4) is 0 Å². The molecule has 130 valence electrons. The van der Waals surface area contributed by atoms with Gasteiger partial charge in [0.05, 0.1) is 6.04 Å². The average Bonchev–Trinajstić information content (AvgIpc) is 2.93. The molecule has 0 aliphatic carbocycles. The van der Waals surface area contributed by atoms with E-state index in [9.17, 15) is 9.18 Å². The van der Waals surface area contributed by atoms with Gasteiger partial charge < -0.3 is 9.80 Å². The number of urea groups is 1. The molecule has 1 aromatic heterocycles. The van der Waals surface area contributed by atoms with Crippen LogP contribution in [0.1, 0.15) is 11.1 Å². The third kappa shape index (κ3) is 3.49. The van der Waals surface area contributed by atoms with Gasteiger partial charge in [0.15, 0.2) is 0 Å². The van der Waals surface area contributed by atoms with Crippen LogP contribution in [0, 0.1) is 5.82 Å². The Bertz CT molecular complexity index is 737. The Morgan fingerprint density at radius 3 is 2.64 bits per heavy atom. The van der Waals surface area contributed by atoms with Crippen LogP contribution in [0.4, 0.5) is 9.18 Å². The quantitative estimate of drug-likeness (QED) is 0.858. The molecule has 1 aromatic carbocycles. The van der Waals surface area contributed by atoms with E-state index in [1.54, 1.807) is 18.3 Å². The number of pyridine rings is 1. The summed E-state index contributed by atoms with van der Waals surface area (Å²) in [6.07, 6.45) is 3.68. The lowest BCUT2D eigenvalue weighted by Gasteiger charge is -2.36. The van der Waals surface area contributed by atoms with E-state index >= 15 is 0 Å². The lowest BCUT2D eigenvalue weighted by atomic mass is 10.1. The van der Waals surface area contributed by atoms with Crippen molar-refractivity contribution in [3.05, 3.63) is 65.7 Å². The number of fused-ring (bicyclic) bond motifs is 1. The van der Waals surface area contributed by atoms with Crippen LogP contribution in [0.25, 0.3) is 0 Å². The number of hydrogen-bond acceptors (Lipinski definition) is 3. The summed E-state index contributed by atoms with van der Waals surface area (Å²) in [6.45, 7) is 4.63. The zero-order valence-electron chi connectivity index (χ0n) is 14.0. The molecule has 2 saturated heterocycles. The maximum atomic E-state index is 13.0. The van der Waals surface area contributed by atoms with Crippen molar-refractivity contribution < 1.29 is 9.18 Å². The first-order valence-electron chi connectivity index (χ1n) is 8.60. The van der Waals surface area contributed by atoms with E-state index in [0.29, 0.717) is 6.54 Å². The minimum absolute atomic E-state index is 0.0929. The van der Waals surface area contributed by atoms with Gasteiger partial charge in [-0.15, -0.1) is 0 Å². The fraction of sp³-hybridized carbons (Fsp3) is 0.368. The van der Waals surface area contributed by atoms with Gasteiger partial charge in [-0.2, -0.15) is 0 Å². The lowest BCUT2D eigenvalue weighted by molar-refractivity contribution is 0.116. The standard InChI is InChI=1S/C19H21FN4O/c20-17-5-3-15(4-6-17)12-23-14-18-13-22(8-9-24(18)19(23)25)11-16-2-1-7-21-10-16/h1-7,10,18H,8-9,11-14H2. The molecule has 5 nitrogen and oxygen atoms in total. The van der Waals surface area contributed by atoms with Crippen LogP contribution in [-0.2, 0) is 13.1 Å². The van der Waals surface area contributed by atoms with E-state index in [-0.39, 0.29) is 17.9 Å². The number of carbonyl (C=O) groups excluding carboxylic acids is 1. The molecular weight excluding hydrogens is 319 g/mol. The molecule has 6 heteroatoms. The third-order valence-electron chi connectivity index (χ3n) is 4.93. The van der Waals surface area contributed by atoms with Crippen LogP contribution in [-0.4, -0.2) is 57.9 Å². The number of piperazine rings is 1. The Morgan fingerprint density at radius 2 is 1.88 bits per heavy atom. The molecular formula is C19H21FN4O. The summed E-state index contributed by atoms with van der Waals surface area (Å²) >= 11 is 0. The second kappa shape index (κ2) is 6.80. The van der Waals surface area contributed by atoms with Gasteiger partial charge in [0.2, 0.25) is 0 Å². The molecule has 3 heterocycles. The molecule has 0 radical (unpaired) electrons. The first kappa shape index (κ1) is 16.0. The monoisotopic (exact) mass is 340 g/mol. The number of halogens is 1. The number of rotatable bonds is 4. The summed E-state index contributed by atoms with van der Waals surface area (Å²) in [6, 6.07) is 10.7. The second-order valence-electron chi connectivity index (χ2n) is 6.73. The molecule has 1 atom stereocenters. The number of aromatic nitrogens is 1. The maximum Gasteiger partial charge on any atom is 0.320 e. The topological polar surface area (TPSA) is 39.7 Å². The van der Waals surface area contributed by atoms with Crippen molar-refractivity contribution in [1.29, 1.82) is 0 Å². The van der Waals surface area contributed by atoms with Crippen molar-refractivity contribution in [3.8, 4) is 0 Å². The van der Waals surface area contributed by atoms with Gasteiger partial charge in [0, 0.05) is 51.7 Å². The van der Waals surface area contributed by atoms with E-state index in [1.807, 2.05) is 22.1 Å². The molecule has 2 fully saturated rings. The summed E-state index contributed by atoms with van der Waals surface area (Å²) in [7, 11) is 0. The van der Waals surface area contributed by atoms with Gasteiger partial charge in [0.1, 0.15) is 5.82 Å². The summed E-state index contributed by atoms with van der Waals surface area (Å²) in [5.41, 5.74) is 2.16. The molecule has 2 amide bonds. The van der Waals surface area contributed by atoms with Gasteiger partial charge in [-0.05, 0) is 29.3 Å². The van der Waals surface area contributed by atoms with Crippen molar-refractivity contribution in [2.24, 2.45) is 0 Å². The number of benzene rings is 1. The maximum absolute atomic E-state index is 13.0. The Labute approximate surface area is 146 Å². The predicted octanol–water partition coefficient (Wildman–Crippen LogP) is 2.34. The Hall–Kier alpha value is -2.47. The molecule has 0 saturated carbocycles. The molecule has 1 unspecified atom stereocenters. The SMILES string of the molecule is O=C1N(Cc2ccc(F)cc2)CC2CN(Cc3cccnc3)CCN12. The highest BCUT2D eigenvalue weighted by Gasteiger charge is 2.40. The van der Waals surface area contributed by atoms with Gasteiger partial charge in [-0.25, -0.2) is 9.18 Å². The second-order valence-corrected chi connectivity index (χ2v) is 6.73. The number of amides is 2. The molecule has 4 rings (SSSR count). The van der Waals surface area contributed by atoms with Crippen molar-refractivity contribution in [1.82, 2.24) is 19.7 Å². The zero-order valence-corrected chi connectivity index (χ0v) is 14.0. The Morgan fingerprint density at radius 1 is 1.04 bits per heavy atom. The molecule has 0 bridgehead atoms. The molecule has 2 aliphatic rings. The van der Waals surface area contributed by atoms with Gasteiger partial charge in [-0.3, -0.25) is 9.88 Å². The minimum Gasteiger partial charge on any atom is -0.318 e. The third-order valence-corrected chi connectivity index (χ3v) is 4.93. The van der Waals surface area contributed by atoms with Crippen LogP contribution >= 0.6 is 0 Å². The Kier molecular flexibility index (Phi) is 4.36. The minimum atomic E-state index is -0.250. The summed E-state index contributed by atoms with van der Waals surface area (Å²) < 4.78 is 13.0. The normalized spacial score (nSPS) is 20.8. The van der Waals surface area contributed by atoms with Crippen LogP contribution in [0.15, 0.2) is 48.8 Å². The van der Waals surface area contributed by atoms with Gasteiger partial charge in [0.25, 0.3) is 0 Å². The highest BCUT2D eigenvalue weighted by molar-refractivity contribution is 5.77. The van der Waals surface area contributed by atoms with E-state index in [0.717, 1.165) is 38.3 Å². The molecule has 0 spiro atoms. The first-order chi connectivity index (χ1) is 12.2. The van der Waals surface area contributed by atoms with Gasteiger partial charge >= 0.3 is 6.03 Å². The first-order valence-corrected chi connectivity index (χ1v) is 8.60. The van der Waals surface area contributed by atoms with Crippen molar-refractivity contribution in [3.63, 3.8) is 0 Å². The van der Waals surface area contributed by atoms with Crippen LogP contribution in [0.2, 0.25) is 0 Å². The zero-order chi connectivity index (χ0) is 17.2. The largest absolute Gasteiger partial charge is 0.320 e. The van der Waals surface area contributed by atoms with Crippen LogP contribution < -0.4 is 0 Å². The number of nitrogens with zero attached hydrogens (tertiary/aromatic N) is 4. The summed E-state index contributed by atoms with van der Waals surface area (Å²) in [4.78, 5) is 23.0. The fourth-order valence-corrected chi connectivity index (χ4v) is 3.68. The van der Waals surface area contributed by atoms with Crippen LogP contribution in [0.5, 0.6) is 0 Å². The summed E-state index contributed by atoms with van der Waals surface area (Å²) in [5.74, 6) is -0.250. The Balaban J connectivity index is 1.38. The van der Waals surface area contributed by atoms with E-state index in [1.165, 1.54) is 17.7 Å². The lowest BCUT2D eigenvalue weighted by Crippen LogP contribution is -2.51. The van der Waals surface area contributed by atoms with Gasteiger partial charge in [-0.1, -0.05) is 18.2 Å².